The van der Waals surface area contributed by atoms with E-state index in [0.29, 0.717) is 22.7 Å². The standard InChI is InChI=1S/C21H16ClFN4O5S2/c1-31-17-9-12(8-15(22)18(17)32-11-13-5-3-4-6-16(13)23)7-14(10-24)19(28)25-20-26-21(27-33-20)34(2,29)30/h3-9H,11H2,1-2H3,(H,25,26,27,28)/b14-7-. The van der Waals surface area contributed by atoms with Crippen LogP contribution in [0.2, 0.25) is 5.02 Å². The minimum atomic E-state index is -3.64. The van der Waals surface area contributed by atoms with E-state index < -0.39 is 26.7 Å². The number of hydrogen-bond acceptors (Lipinski definition) is 9. The summed E-state index contributed by atoms with van der Waals surface area (Å²) in [7, 11) is -2.26. The molecule has 0 aliphatic carbocycles. The molecule has 1 amide bonds. The van der Waals surface area contributed by atoms with E-state index in [-0.39, 0.29) is 33.8 Å². The molecule has 0 aliphatic rings. The van der Waals surface area contributed by atoms with Gasteiger partial charge >= 0.3 is 0 Å². The molecule has 9 nitrogen and oxygen atoms in total. The van der Waals surface area contributed by atoms with Gasteiger partial charge in [-0.2, -0.15) is 14.6 Å². The molecule has 0 atom stereocenters. The van der Waals surface area contributed by atoms with E-state index in [1.807, 2.05) is 0 Å². The molecule has 0 bridgehead atoms. The van der Waals surface area contributed by atoms with E-state index in [1.165, 1.54) is 31.4 Å². The number of rotatable bonds is 8. The molecule has 0 spiro atoms. The van der Waals surface area contributed by atoms with Gasteiger partial charge in [0.05, 0.1) is 12.1 Å². The normalized spacial score (nSPS) is 11.6. The second kappa shape index (κ2) is 10.6. The Labute approximate surface area is 203 Å². The third kappa shape index (κ3) is 6.07. The molecule has 1 heterocycles. The lowest BCUT2D eigenvalue weighted by atomic mass is 10.1. The number of hydrogen-bond donors (Lipinski definition) is 1. The number of carbonyl (C=O) groups is 1. The first-order valence-electron chi connectivity index (χ1n) is 9.33. The van der Waals surface area contributed by atoms with Gasteiger partial charge in [-0.15, -0.1) is 0 Å². The van der Waals surface area contributed by atoms with Crippen LogP contribution in [0.3, 0.4) is 0 Å². The summed E-state index contributed by atoms with van der Waals surface area (Å²) < 4.78 is 51.4. The van der Waals surface area contributed by atoms with Gasteiger partial charge < -0.3 is 9.47 Å². The Morgan fingerprint density at radius 3 is 2.71 bits per heavy atom. The average molecular weight is 523 g/mol. The van der Waals surface area contributed by atoms with Gasteiger partial charge in [-0.25, -0.2) is 12.8 Å². The Hall–Kier alpha value is -3.53. The van der Waals surface area contributed by atoms with Crippen molar-refractivity contribution in [3.63, 3.8) is 0 Å². The molecule has 0 aliphatic heterocycles. The van der Waals surface area contributed by atoms with E-state index in [1.54, 1.807) is 24.3 Å². The summed E-state index contributed by atoms with van der Waals surface area (Å²) in [6.45, 7) is -0.0961. The van der Waals surface area contributed by atoms with Gasteiger partial charge in [0, 0.05) is 23.4 Å². The molecular formula is C21H16ClFN4O5S2. The van der Waals surface area contributed by atoms with E-state index >= 15 is 0 Å². The number of aromatic nitrogens is 2. The first-order chi connectivity index (χ1) is 16.1. The lowest BCUT2D eigenvalue weighted by Gasteiger charge is -2.14. The number of benzene rings is 2. The molecule has 34 heavy (non-hydrogen) atoms. The predicted octanol–water partition coefficient (Wildman–Crippen LogP) is 3.87. The van der Waals surface area contributed by atoms with Crippen LogP contribution in [0.15, 0.2) is 47.1 Å². The minimum Gasteiger partial charge on any atom is -0.493 e. The van der Waals surface area contributed by atoms with E-state index in [0.717, 1.165) is 6.26 Å². The third-order valence-corrected chi connectivity index (χ3v) is 6.09. The molecular weight excluding hydrogens is 507 g/mol. The highest BCUT2D eigenvalue weighted by atomic mass is 35.5. The zero-order chi connectivity index (χ0) is 24.9. The molecule has 0 saturated carbocycles. The number of sulfone groups is 1. The number of nitrogens with one attached hydrogen (secondary N) is 1. The van der Waals surface area contributed by atoms with Crippen molar-refractivity contribution >= 4 is 50.1 Å². The molecule has 0 saturated heterocycles. The summed E-state index contributed by atoms with van der Waals surface area (Å²) in [5.41, 5.74) is 0.360. The summed E-state index contributed by atoms with van der Waals surface area (Å²) in [4.78, 5) is 16.2. The number of anilines is 1. The molecule has 13 heteroatoms. The topological polar surface area (TPSA) is 131 Å². The maximum absolute atomic E-state index is 13.9. The lowest BCUT2D eigenvalue weighted by Crippen LogP contribution is -2.13. The fourth-order valence-corrected chi connectivity index (χ4v) is 4.33. The number of nitrogens with zero attached hydrogens (tertiary/aromatic N) is 3. The van der Waals surface area contributed by atoms with Crippen molar-refractivity contribution in [3.05, 3.63) is 63.9 Å². The van der Waals surface area contributed by atoms with Gasteiger partial charge in [-0.1, -0.05) is 29.8 Å². The van der Waals surface area contributed by atoms with E-state index in [4.69, 9.17) is 21.1 Å². The molecule has 0 unspecified atom stereocenters. The summed E-state index contributed by atoms with van der Waals surface area (Å²) in [5.74, 6) is -0.890. The Bertz CT molecular complexity index is 1420. The Kier molecular flexibility index (Phi) is 7.83. The zero-order valence-corrected chi connectivity index (χ0v) is 20.1. The van der Waals surface area contributed by atoms with Crippen LogP contribution in [0.4, 0.5) is 9.52 Å². The quantitative estimate of drug-likeness (QED) is 0.348. The van der Waals surface area contributed by atoms with Gasteiger partial charge in [0.25, 0.3) is 11.1 Å². The van der Waals surface area contributed by atoms with Crippen LogP contribution in [0.1, 0.15) is 11.1 Å². The molecule has 3 rings (SSSR count). The first kappa shape index (κ1) is 25.1. The van der Waals surface area contributed by atoms with Crippen molar-refractivity contribution in [2.45, 2.75) is 11.8 Å². The largest absolute Gasteiger partial charge is 0.493 e. The maximum Gasteiger partial charge on any atom is 0.268 e. The van der Waals surface area contributed by atoms with Crippen LogP contribution in [0.5, 0.6) is 11.5 Å². The number of methoxy groups -OCH3 is 1. The number of carbonyl (C=O) groups excluding carboxylic acids is 1. The van der Waals surface area contributed by atoms with Gasteiger partial charge in [-0.3, -0.25) is 10.1 Å². The van der Waals surface area contributed by atoms with Crippen molar-refractivity contribution in [1.82, 2.24) is 9.36 Å². The zero-order valence-electron chi connectivity index (χ0n) is 17.7. The van der Waals surface area contributed by atoms with Gasteiger partial charge in [-0.05, 0) is 29.8 Å². The summed E-state index contributed by atoms with van der Waals surface area (Å²) >= 11 is 6.98. The molecule has 176 valence electrons. The Morgan fingerprint density at radius 2 is 2.09 bits per heavy atom. The highest BCUT2D eigenvalue weighted by Crippen LogP contribution is 2.37. The van der Waals surface area contributed by atoms with Crippen molar-refractivity contribution in [2.75, 3.05) is 18.7 Å². The number of halogens is 2. The van der Waals surface area contributed by atoms with Crippen molar-refractivity contribution in [1.29, 1.82) is 5.26 Å². The van der Waals surface area contributed by atoms with Crippen LogP contribution in [0.25, 0.3) is 6.08 Å². The molecule has 3 aromatic rings. The molecule has 0 radical (unpaired) electrons. The minimum absolute atomic E-state index is 0.0842. The van der Waals surface area contributed by atoms with Crippen LogP contribution in [-0.4, -0.2) is 37.0 Å². The SMILES string of the molecule is COc1cc(/C=C(/C#N)C(=O)Nc2nc(S(C)(=O)=O)ns2)cc(Cl)c1OCc1ccccc1F. The van der Waals surface area contributed by atoms with Gasteiger partial charge in [0.15, 0.2) is 11.5 Å². The molecule has 2 aromatic carbocycles. The lowest BCUT2D eigenvalue weighted by molar-refractivity contribution is -0.112. The number of nitriles is 1. The highest BCUT2D eigenvalue weighted by molar-refractivity contribution is 7.90. The smallest absolute Gasteiger partial charge is 0.268 e. The monoisotopic (exact) mass is 522 g/mol. The van der Waals surface area contributed by atoms with Crippen molar-refractivity contribution in [2.24, 2.45) is 0 Å². The Morgan fingerprint density at radius 1 is 1.35 bits per heavy atom. The van der Waals surface area contributed by atoms with Gasteiger partial charge in [0.1, 0.15) is 24.1 Å². The molecule has 0 fully saturated rings. The van der Waals surface area contributed by atoms with E-state index in [2.05, 4.69) is 14.7 Å². The van der Waals surface area contributed by atoms with Crippen LogP contribution >= 0.6 is 23.1 Å². The van der Waals surface area contributed by atoms with Crippen molar-refractivity contribution < 1.29 is 27.1 Å². The summed E-state index contributed by atoms with van der Waals surface area (Å²) in [5, 5.41) is 11.4. The second-order valence-corrected chi connectivity index (χ2v) is 9.76. The van der Waals surface area contributed by atoms with Crippen LogP contribution in [-0.2, 0) is 21.2 Å². The first-order valence-corrected chi connectivity index (χ1v) is 12.4. The van der Waals surface area contributed by atoms with Crippen LogP contribution in [0, 0.1) is 17.1 Å². The molecule has 1 N–H and O–H groups in total. The fourth-order valence-electron chi connectivity index (χ4n) is 2.62. The summed E-state index contributed by atoms with van der Waals surface area (Å²) in [6, 6.07) is 10.8. The highest BCUT2D eigenvalue weighted by Gasteiger charge is 2.18. The average Bonchev–Trinajstić information content (AvgIpc) is 3.26. The van der Waals surface area contributed by atoms with Gasteiger partial charge in [0.2, 0.25) is 15.0 Å². The predicted molar refractivity (Wildman–Crippen MR) is 124 cm³/mol. The maximum atomic E-state index is 13.9. The second-order valence-electron chi connectivity index (χ2n) is 6.69. The number of amides is 1. The summed E-state index contributed by atoms with van der Waals surface area (Å²) in [6.07, 6.45) is 2.19. The fraction of sp³-hybridized carbons (Fsp3) is 0.143. The third-order valence-electron chi connectivity index (χ3n) is 4.22. The van der Waals surface area contributed by atoms with Crippen LogP contribution < -0.4 is 14.8 Å². The molecule has 1 aromatic heterocycles. The Balaban J connectivity index is 1.82. The number of ether oxygens (including phenoxy) is 2. The van der Waals surface area contributed by atoms with Crippen molar-refractivity contribution in [3.8, 4) is 17.6 Å². The van der Waals surface area contributed by atoms with E-state index in [9.17, 15) is 22.9 Å².